The maximum atomic E-state index is 12.9. The number of hydrogen-bond donors (Lipinski definition) is 0. The van der Waals surface area contributed by atoms with Crippen molar-refractivity contribution in [2.45, 2.75) is 18.9 Å². The van der Waals surface area contributed by atoms with Gasteiger partial charge in [-0.05, 0) is 17.9 Å². The van der Waals surface area contributed by atoms with Gasteiger partial charge in [0.05, 0.1) is 23.1 Å². The Labute approximate surface area is 158 Å². The number of carbonyl (C=O) groups excluding carboxylic acids is 2. The smallest absolute Gasteiger partial charge is 0.228 e. The number of benzene rings is 2. The van der Waals surface area contributed by atoms with Gasteiger partial charge >= 0.3 is 0 Å². The largest absolute Gasteiger partial charge is 0.341 e. The Balaban J connectivity index is 1.54. The van der Waals surface area contributed by atoms with E-state index in [2.05, 4.69) is 0 Å². The summed E-state index contributed by atoms with van der Waals surface area (Å²) in [5, 5.41) is 2.03. The molecule has 2 heterocycles. The maximum absolute atomic E-state index is 12.9. The lowest BCUT2D eigenvalue weighted by Gasteiger charge is -2.26. The van der Waals surface area contributed by atoms with Gasteiger partial charge in [0.25, 0.3) is 0 Å². The van der Waals surface area contributed by atoms with Gasteiger partial charge in [0.2, 0.25) is 11.8 Å². The van der Waals surface area contributed by atoms with Crippen LogP contribution >= 0.6 is 0 Å². The Hall–Kier alpha value is -2.41. The molecule has 27 heavy (non-hydrogen) atoms. The van der Waals surface area contributed by atoms with Gasteiger partial charge in [0.15, 0.2) is 9.84 Å². The Kier molecular flexibility index (Phi) is 4.42. The average molecular weight is 386 g/mol. The fourth-order valence-corrected chi connectivity index (χ4v) is 5.87. The number of amides is 2. The van der Waals surface area contributed by atoms with E-state index in [1.165, 1.54) is 4.90 Å². The van der Waals surface area contributed by atoms with Crippen molar-refractivity contribution in [1.82, 2.24) is 4.90 Å². The predicted molar refractivity (Wildman–Crippen MR) is 104 cm³/mol. The zero-order valence-electron chi connectivity index (χ0n) is 15.2. The molecule has 7 heteroatoms. The first-order valence-electron chi connectivity index (χ1n) is 9.11. The third-order valence-electron chi connectivity index (χ3n) is 5.64. The molecule has 2 aromatic carbocycles. The van der Waals surface area contributed by atoms with Crippen molar-refractivity contribution in [3.05, 3.63) is 42.5 Å². The summed E-state index contributed by atoms with van der Waals surface area (Å²) < 4.78 is 23.4. The van der Waals surface area contributed by atoms with Crippen LogP contribution < -0.4 is 4.90 Å². The summed E-state index contributed by atoms with van der Waals surface area (Å²) in [6.45, 7) is 0.329. The van der Waals surface area contributed by atoms with E-state index in [0.29, 0.717) is 13.0 Å². The predicted octanol–water partition coefficient (Wildman–Crippen LogP) is 1.84. The van der Waals surface area contributed by atoms with Gasteiger partial charge in [-0.1, -0.05) is 36.4 Å². The van der Waals surface area contributed by atoms with Gasteiger partial charge in [0.1, 0.15) is 0 Å². The molecular weight excluding hydrogens is 364 g/mol. The fraction of sp³-hybridized carbons (Fsp3) is 0.400. The third-order valence-corrected chi connectivity index (χ3v) is 7.39. The Morgan fingerprint density at radius 1 is 1.15 bits per heavy atom. The van der Waals surface area contributed by atoms with Gasteiger partial charge in [-0.2, -0.15) is 0 Å². The van der Waals surface area contributed by atoms with Crippen LogP contribution in [-0.4, -0.2) is 56.3 Å². The normalized spacial score (nSPS) is 24.5. The summed E-state index contributed by atoms with van der Waals surface area (Å²) in [4.78, 5) is 28.7. The van der Waals surface area contributed by atoms with Crippen molar-refractivity contribution in [2.75, 3.05) is 30.0 Å². The van der Waals surface area contributed by atoms with E-state index >= 15 is 0 Å². The van der Waals surface area contributed by atoms with E-state index in [1.807, 2.05) is 42.5 Å². The van der Waals surface area contributed by atoms with Crippen LogP contribution in [0.15, 0.2) is 42.5 Å². The SMILES string of the molecule is CN(C(=O)C1CC(=O)N(c2cccc3ccccc23)C1)C1CCS(=O)(=O)C1. The molecule has 2 atom stereocenters. The zero-order chi connectivity index (χ0) is 19.2. The number of nitrogens with zero attached hydrogens (tertiary/aromatic N) is 2. The lowest BCUT2D eigenvalue weighted by Crippen LogP contribution is -2.42. The monoisotopic (exact) mass is 386 g/mol. The Morgan fingerprint density at radius 3 is 2.63 bits per heavy atom. The maximum Gasteiger partial charge on any atom is 0.228 e. The van der Waals surface area contributed by atoms with Crippen LogP contribution in [0.5, 0.6) is 0 Å². The average Bonchev–Trinajstić information content (AvgIpc) is 3.22. The van der Waals surface area contributed by atoms with Crippen LogP contribution in [-0.2, 0) is 19.4 Å². The van der Waals surface area contributed by atoms with E-state index in [-0.39, 0.29) is 35.8 Å². The summed E-state index contributed by atoms with van der Waals surface area (Å²) in [5.74, 6) is -0.514. The van der Waals surface area contributed by atoms with E-state index in [4.69, 9.17) is 0 Å². The molecule has 0 N–H and O–H groups in total. The minimum absolute atomic E-state index is 0.0168. The molecule has 0 radical (unpaired) electrons. The molecular formula is C20H22N2O4S. The first kappa shape index (κ1) is 18.0. The van der Waals surface area contributed by atoms with Crippen molar-refractivity contribution >= 4 is 38.1 Å². The van der Waals surface area contributed by atoms with Gasteiger partial charge in [-0.3, -0.25) is 9.59 Å². The van der Waals surface area contributed by atoms with E-state index < -0.39 is 15.8 Å². The van der Waals surface area contributed by atoms with E-state index in [1.54, 1.807) is 11.9 Å². The molecule has 0 saturated carbocycles. The number of hydrogen-bond acceptors (Lipinski definition) is 4. The summed E-state index contributed by atoms with van der Waals surface area (Å²) >= 11 is 0. The van der Waals surface area contributed by atoms with Crippen LogP contribution in [0.4, 0.5) is 5.69 Å². The molecule has 2 unspecified atom stereocenters. The Morgan fingerprint density at radius 2 is 1.89 bits per heavy atom. The molecule has 6 nitrogen and oxygen atoms in total. The Bertz CT molecular complexity index is 1010. The second-order valence-electron chi connectivity index (χ2n) is 7.41. The van der Waals surface area contributed by atoms with Crippen molar-refractivity contribution < 1.29 is 18.0 Å². The standard InChI is InChI=1S/C20H22N2O4S/c1-21(16-9-10-27(25,26)13-16)20(24)15-11-19(23)22(12-15)18-8-4-6-14-5-2-3-7-17(14)18/h2-8,15-16H,9-13H2,1H3. The molecule has 2 amide bonds. The van der Waals surface area contributed by atoms with Crippen LogP contribution in [0, 0.1) is 5.92 Å². The molecule has 0 aromatic heterocycles. The van der Waals surface area contributed by atoms with Gasteiger partial charge < -0.3 is 9.80 Å². The lowest BCUT2D eigenvalue weighted by molar-refractivity contribution is -0.136. The molecule has 0 bridgehead atoms. The zero-order valence-corrected chi connectivity index (χ0v) is 16.0. The van der Waals surface area contributed by atoms with Gasteiger partial charge in [0, 0.05) is 31.4 Å². The number of carbonyl (C=O) groups is 2. The van der Waals surface area contributed by atoms with Crippen LogP contribution in [0.2, 0.25) is 0 Å². The summed E-state index contributed by atoms with van der Waals surface area (Å²) in [5.41, 5.74) is 0.819. The van der Waals surface area contributed by atoms with Gasteiger partial charge in [-0.25, -0.2) is 8.42 Å². The van der Waals surface area contributed by atoms with Crippen LogP contribution in [0.25, 0.3) is 10.8 Å². The van der Waals surface area contributed by atoms with Crippen LogP contribution in [0.1, 0.15) is 12.8 Å². The number of anilines is 1. The highest BCUT2D eigenvalue weighted by molar-refractivity contribution is 7.91. The molecule has 2 aliphatic heterocycles. The highest BCUT2D eigenvalue weighted by atomic mass is 32.2. The second-order valence-corrected chi connectivity index (χ2v) is 9.64. The molecule has 4 rings (SSSR count). The van der Waals surface area contributed by atoms with Gasteiger partial charge in [-0.15, -0.1) is 0 Å². The topological polar surface area (TPSA) is 74.8 Å². The first-order valence-corrected chi connectivity index (χ1v) is 10.9. The van der Waals surface area contributed by atoms with Crippen molar-refractivity contribution in [3.8, 4) is 0 Å². The minimum atomic E-state index is -3.06. The molecule has 2 aliphatic rings. The highest BCUT2D eigenvalue weighted by Crippen LogP contribution is 2.32. The first-order chi connectivity index (χ1) is 12.9. The summed E-state index contributed by atoms with van der Waals surface area (Å²) in [6.07, 6.45) is 0.629. The van der Waals surface area contributed by atoms with Crippen LogP contribution in [0.3, 0.4) is 0 Å². The number of sulfone groups is 1. The molecule has 2 aromatic rings. The third kappa shape index (κ3) is 3.32. The summed E-state index contributed by atoms with van der Waals surface area (Å²) in [7, 11) is -1.41. The number of rotatable bonds is 3. The van der Waals surface area contributed by atoms with Crippen molar-refractivity contribution in [3.63, 3.8) is 0 Å². The van der Waals surface area contributed by atoms with E-state index in [9.17, 15) is 18.0 Å². The molecule has 142 valence electrons. The summed E-state index contributed by atoms with van der Waals surface area (Å²) in [6, 6.07) is 13.4. The van der Waals surface area contributed by atoms with Crippen molar-refractivity contribution in [2.24, 2.45) is 5.92 Å². The lowest BCUT2D eigenvalue weighted by atomic mass is 10.1. The highest BCUT2D eigenvalue weighted by Gasteiger charge is 2.40. The minimum Gasteiger partial charge on any atom is -0.341 e. The van der Waals surface area contributed by atoms with E-state index in [0.717, 1.165) is 16.5 Å². The van der Waals surface area contributed by atoms with Crippen molar-refractivity contribution in [1.29, 1.82) is 0 Å². The molecule has 0 spiro atoms. The quantitative estimate of drug-likeness (QED) is 0.807. The molecule has 2 fully saturated rings. The molecule has 0 aliphatic carbocycles. The fourth-order valence-electron chi connectivity index (χ4n) is 4.10. The number of fused-ring (bicyclic) bond motifs is 1. The second kappa shape index (κ2) is 6.64. The molecule has 2 saturated heterocycles.